The second-order valence-electron chi connectivity index (χ2n) is 6.41. The fourth-order valence-electron chi connectivity index (χ4n) is 3.71. The lowest BCUT2D eigenvalue weighted by atomic mass is 9.88. The van der Waals surface area contributed by atoms with Gasteiger partial charge in [0, 0.05) is 19.1 Å². The summed E-state index contributed by atoms with van der Waals surface area (Å²) in [5.41, 5.74) is 3.59. The molecule has 1 aromatic carbocycles. The number of hydrogen-bond donors (Lipinski definition) is 1. The van der Waals surface area contributed by atoms with Gasteiger partial charge in [-0.25, -0.2) is 0 Å². The van der Waals surface area contributed by atoms with Gasteiger partial charge in [-0.2, -0.15) is 0 Å². The lowest BCUT2D eigenvalue weighted by Gasteiger charge is -2.33. The van der Waals surface area contributed by atoms with Crippen LogP contribution in [0.1, 0.15) is 36.9 Å². The Bertz CT molecular complexity index is 421. The van der Waals surface area contributed by atoms with Gasteiger partial charge in [0.1, 0.15) is 0 Å². The van der Waals surface area contributed by atoms with Gasteiger partial charge in [-0.1, -0.05) is 31.2 Å². The zero-order valence-corrected chi connectivity index (χ0v) is 11.6. The third-order valence-corrected chi connectivity index (χ3v) is 4.72. The van der Waals surface area contributed by atoms with E-state index in [4.69, 9.17) is 0 Å². The van der Waals surface area contributed by atoms with Gasteiger partial charge >= 0.3 is 0 Å². The van der Waals surface area contributed by atoms with Crippen molar-refractivity contribution in [2.75, 3.05) is 26.7 Å². The number of rotatable bonds is 3. The van der Waals surface area contributed by atoms with Gasteiger partial charge < -0.3 is 5.32 Å². The SMILES string of the molecule is CN(CC1(C)CCNC1)C1CCc2ccccc21. The molecule has 0 amide bonds. The molecule has 18 heavy (non-hydrogen) atoms. The van der Waals surface area contributed by atoms with Crippen molar-refractivity contribution in [3.8, 4) is 0 Å². The van der Waals surface area contributed by atoms with Crippen LogP contribution in [0.5, 0.6) is 0 Å². The maximum Gasteiger partial charge on any atom is 0.0351 e. The van der Waals surface area contributed by atoms with Crippen LogP contribution < -0.4 is 5.32 Å². The highest BCUT2D eigenvalue weighted by atomic mass is 15.1. The highest BCUT2D eigenvalue weighted by molar-refractivity contribution is 5.34. The Kier molecular flexibility index (Phi) is 3.16. The summed E-state index contributed by atoms with van der Waals surface area (Å²) in [6.07, 6.45) is 3.85. The number of hydrogen-bond acceptors (Lipinski definition) is 2. The molecule has 1 fully saturated rings. The second-order valence-corrected chi connectivity index (χ2v) is 6.41. The Labute approximate surface area is 110 Å². The highest BCUT2D eigenvalue weighted by Gasteiger charge is 2.33. The molecule has 1 aliphatic heterocycles. The molecule has 1 aliphatic carbocycles. The van der Waals surface area contributed by atoms with E-state index >= 15 is 0 Å². The summed E-state index contributed by atoms with van der Waals surface area (Å²) in [5.74, 6) is 0. The fourth-order valence-corrected chi connectivity index (χ4v) is 3.71. The first-order valence-corrected chi connectivity index (χ1v) is 7.17. The van der Waals surface area contributed by atoms with Gasteiger partial charge in [-0.05, 0) is 49.4 Å². The van der Waals surface area contributed by atoms with Crippen molar-refractivity contribution in [1.29, 1.82) is 0 Å². The molecular weight excluding hydrogens is 220 g/mol. The molecule has 2 nitrogen and oxygen atoms in total. The summed E-state index contributed by atoms with van der Waals surface area (Å²) >= 11 is 0. The van der Waals surface area contributed by atoms with E-state index in [9.17, 15) is 0 Å². The molecule has 1 heterocycles. The Balaban J connectivity index is 1.72. The summed E-state index contributed by atoms with van der Waals surface area (Å²) < 4.78 is 0. The normalized spacial score (nSPS) is 30.9. The molecule has 0 aromatic heterocycles. The third kappa shape index (κ3) is 2.19. The Morgan fingerprint density at radius 1 is 1.39 bits per heavy atom. The quantitative estimate of drug-likeness (QED) is 0.879. The maximum absolute atomic E-state index is 3.50. The van der Waals surface area contributed by atoms with Crippen LogP contribution in [0.25, 0.3) is 0 Å². The van der Waals surface area contributed by atoms with Crippen molar-refractivity contribution in [3.63, 3.8) is 0 Å². The topological polar surface area (TPSA) is 15.3 Å². The van der Waals surface area contributed by atoms with Gasteiger partial charge in [-0.15, -0.1) is 0 Å². The number of nitrogens with zero attached hydrogens (tertiary/aromatic N) is 1. The lowest BCUT2D eigenvalue weighted by molar-refractivity contribution is 0.160. The second kappa shape index (κ2) is 4.67. The van der Waals surface area contributed by atoms with Crippen molar-refractivity contribution in [3.05, 3.63) is 35.4 Å². The highest BCUT2D eigenvalue weighted by Crippen LogP contribution is 2.37. The molecule has 0 saturated carbocycles. The van der Waals surface area contributed by atoms with Crippen LogP contribution in [0.2, 0.25) is 0 Å². The van der Waals surface area contributed by atoms with E-state index in [0.717, 1.165) is 0 Å². The van der Waals surface area contributed by atoms with Crippen LogP contribution in [0.3, 0.4) is 0 Å². The zero-order valence-electron chi connectivity index (χ0n) is 11.6. The summed E-state index contributed by atoms with van der Waals surface area (Å²) in [7, 11) is 2.30. The standard InChI is InChI=1S/C16H24N2/c1-16(9-10-17-11-16)12-18(2)15-8-7-13-5-3-4-6-14(13)15/h3-6,15,17H,7-12H2,1-2H3. The molecule has 98 valence electrons. The van der Waals surface area contributed by atoms with Crippen molar-refractivity contribution in [1.82, 2.24) is 10.2 Å². The Morgan fingerprint density at radius 2 is 2.22 bits per heavy atom. The van der Waals surface area contributed by atoms with Gasteiger partial charge in [-0.3, -0.25) is 4.90 Å². The number of fused-ring (bicyclic) bond motifs is 1. The molecule has 2 aliphatic rings. The molecule has 0 spiro atoms. The van der Waals surface area contributed by atoms with Gasteiger partial charge in [0.15, 0.2) is 0 Å². The van der Waals surface area contributed by atoms with E-state index in [0.29, 0.717) is 11.5 Å². The van der Waals surface area contributed by atoms with Crippen LogP contribution in [0.4, 0.5) is 0 Å². The fraction of sp³-hybridized carbons (Fsp3) is 0.625. The summed E-state index contributed by atoms with van der Waals surface area (Å²) in [6, 6.07) is 9.60. The van der Waals surface area contributed by atoms with E-state index < -0.39 is 0 Å². The summed E-state index contributed by atoms with van der Waals surface area (Å²) in [4.78, 5) is 2.58. The molecule has 1 saturated heterocycles. The molecule has 3 rings (SSSR count). The Hall–Kier alpha value is -0.860. The first-order chi connectivity index (χ1) is 8.68. The monoisotopic (exact) mass is 244 g/mol. The van der Waals surface area contributed by atoms with Crippen LogP contribution in [-0.2, 0) is 6.42 Å². The maximum atomic E-state index is 3.50. The first-order valence-electron chi connectivity index (χ1n) is 7.17. The van der Waals surface area contributed by atoms with Crippen LogP contribution in [0, 0.1) is 5.41 Å². The van der Waals surface area contributed by atoms with Crippen molar-refractivity contribution >= 4 is 0 Å². The molecule has 2 atom stereocenters. The number of nitrogens with one attached hydrogen (secondary N) is 1. The molecular formula is C16H24N2. The minimum atomic E-state index is 0.465. The van der Waals surface area contributed by atoms with E-state index in [1.54, 1.807) is 11.1 Å². The van der Waals surface area contributed by atoms with E-state index in [2.05, 4.69) is 48.5 Å². The molecule has 0 radical (unpaired) electrons. The number of benzene rings is 1. The minimum absolute atomic E-state index is 0.465. The van der Waals surface area contributed by atoms with Gasteiger partial charge in [0.25, 0.3) is 0 Å². The summed E-state index contributed by atoms with van der Waals surface area (Å²) in [5, 5.41) is 3.50. The average Bonchev–Trinajstić information content (AvgIpc) is 2.95. The summed E-state index contributed by atoms with van der Waals surface area (Å²) in [6.45, 7) is 5.99. The van der Waals surface area contributed by atoms with E-state index in [1.165, 1.54) is 38.9 Å². The predicted molar refractivity (Wildman–Crippen MR) is 75.7 cm³/mol. The van der Waals surface area contributed by atoms with E-state index in [-0.39, 0.29) is 0 Å². The smallest absolute Gasteiger partial charge is 0.0351 e. The van der Waals surface area contributed by atoms with E-state index in [1.807, 2.05) is 0 Å². The van der Waals surface area contributed by atoms with Crippen LogP contribution >= 0.6 is 0 Å². The van der Waals surface area contributed by atoms with Crippen molar-refractivity contribution in [2.24, 2.45) is 5.41 Å². The third-order valence-electron chi connectivity index (χ3n) is 4.72. The minimum Gasteiger partial charge on any atom is -0.316 e. The lowest BCUT2D eigenvalue weighted by Crippen LogP contribution is -2.36. The van der Waals surface area contributed by atoms with Crippen LogP contribution in [0.15, 0.2) is 24.3 Å². The largest absolute Gasteiger partial charge is 0.316 e. The van der Waals surface area contributed by atoms with Gasteiger partial charge in [0.2, 0.25) is 0 Å². The van der Waals surface area contributed by atoms with Crippen molar-refractivity contribution in [2.45, 2.75) is 32.2 Å². The average molecular weight is 244 g/mol. The molecule has 0 bridgehead atoms. The number of aryl methyl sites for hydroxylation is 1. The Morgan fingerprint density at radius 3 is 3.00 bits per heavy atom. The van der Waals surface area contributed by atoms with Crippen molar-refractivity contribution < 1.29 is 0 Å². The predicted octanol–water partition coefficient (Wildman–Crippen LogP) is 2.61. The molecule has 1 N–H and O–H groups in total. The zero-order chi connectivity index (χ0) is 12.6. The molecule has 2 heteroatoms. The molecule has 1 aromatic rings. The first kappa shape index (κ1) is 12.2. The van der Waals surface area contributed by atoms with Gasteiger partial charge in [0.05, 0.1) is 0 Å². The molecule has 2 unspecified atom stereocenters. The van der Waals surface area contributed by atoms with Crippen LogP contribution in [-0.4, -0.2) is 31.6 Å².